The molecule has 5 atom stereocenters. The van der Waals surface area contributed by atoms with Gasteiger partial charge in [0.2, 0.25) is 0 Å². The van der Waals surface area contributed by atoms with Crippen molar-refractivity contribution >= 4 is 11.6 Å². The molecule has 4 N–H and O–H groups in total. The fourth-order valence-corrected chi connectivity index (χ4v) is 4.64. The van der Waals surface area contributed by atoms with E-state index in [-0.39, 0.29) is 6.61 Å². The summed E-state index contributed by atoms with van der Waals surface area (Å²) in [5.41, 5.74) is 2.01. The maximum absolute atomic E-state index is 10.7. The monoisotopic (exact) mass is 480 g/mol. The predicted molar refractivity (Wildman–Crippen MR) is 115 cm³/mol. The second-order valence-electron chi connectivity index (χ2n) is 8.20. The summed E-state index contributed by atoms with van der Waals surface area (Å²) in [6.45, 7) is 1.02. The van der Waals surface area contributed by atoms with Gasteiger partial charge in [0.25, 0.3) is 0 Å². The van der Waals surface area contributed by atoms with Crippen LogP contribution in [0.3, 0.4) is 0 Å². The van der Waals surface area contributed by atoms with Crippen LogP contribution in [0, 0.1) is 0 Å². The molecule has 0 bridgehead atoms. The standard InChI is InChI=1S/C23H25ClO9/c24-17-12(7-11-1-2-14-15(8-11)30-4-3-29-14)9-13(22-23(17)32-6-5-31-22)21-20(28)19(27)18(26)16(10-25)33-21/h1-2,8-9,16,18-21,25-28H,3-7,10H2/t16-,18-,19+,20-,21+/m1/s1. The first-order valence-corrected chi connectivity index (χ1v) is 11.2. The maximum Gasteiger partial charge on any atom is 0.180 e. The second kappa shape index (κ2) is 9.17. The molecule has 2 aromatic carbocycles. The molecular formula is C23H25ClO9. The lowest BCUT2D eigenvalue weighted by atomic mass is 9.89. The van der Waals surface area contributed by atoms with Crippen molar-refractivity contribution in [2.45, 2.75) is 36.9 Å². The summed E-state index contributed by atoms with van der Waals surface area (Å²) in [7, 11) is 0. The van der Waals surface area contributed by atoms with Crippen LogP contribution in [0.1, 0.15) is 22.8 Å². The van der Waals surface area contributed by atoms with Gasteiger partial charge in [0.05, 0.1) is 11.6 Å². The molecule has 178 valence electrons. The van der Waals surface area contributed by atoms with E-state index in [4.69, 9.17) is 35.3 Å². The van der Waals surface area contributed by atoms with E-state index in [0.717, 1.165) is 5.56 Å². The van der Waals surface area contributed by atoms with E-state index in [1.807, 2.05) is 18.2 Å². The number of ether oxygens (including phenoxy) is 5. The third-order valence-electron chi connectivity index (χ3n) is 6.06. The lowest BCUT2D eigenvalue weighted by Gasteiger charge is -2.41. The van der Waals surface area contributed by atoms with Crippen molar-refractivity contribution in [1.82, 2.24) is 0 Å². The van der Waals surface area contributed by atoms with Crippen LogP contribution < -0.4 is 18.9 Å². The van der Waals surface area contributed by atoms with Crippen LogP contribution in [0.2, 0.25) is 5.02 Å². The normalized spacial score (nSPS) is 28.5. The Bertz CT molecular complexity index is 1030. The summed E-state index contributed by atoms with van der Waals surface area (Å²) in [4.78, 5) is 0. The number of benzene rings is 2. The van der Waals surface area contributed by atoms with Crippen molar-refractivity contribution in [3.63, 3.8) is 0 Å². The molecule has 0 radical (unpaired) electrons. The Labute approximate surface area is 195 Å². The van der Waals surface area contributed by atoms with Crippen LogP contribution in [-0.4, -0.2) is 77.9 Å². The number of aliphatic hydroxyl groups is 4. The molecule has 2 aromatic rings. The number of hydrogen-bond acceptors (Lipinski definition) is 9. The molecule has 0 spiro atoms. The van der Waals surface area contributed by atoms with Gasteiger partial charge in [-0.25, -0.2) is 0 Å². The van der Waals surface area contributed by atoms with Crippen LogP contribution in [0.4, 0.5) is 0 Å². The average molecular weight is 481 g/mol. The van der Waals surface area contributed by atoms with E-state index in [1.165, 1.54) is 0 Å². The molecule has 5 rings (SSSR count). The predicted octanol–water partition coefficient (Wildman–Crippen LogP) is 0.988. The molecule has 3 heterocycles. The zero-order valence-corrected chi connectivity index (χ0v) is 18.4. The summed E-state index contributed by atoms with van der Waals surface area (Å²) in [6, 6.07) is 7.37. The van der Waals surface area contributed by atoms with Crippen molar-refractivity contribution < 1.29 is 44.1 Å². The minimum absolute atomic E-state index is 0.273. The smallest absolute Gasteiger partial charge is 0.180 e. The summed E-state index contributed by atoms with van der Waals surface area (Å²) < 4.78 is 28.6. The average Bonchev–Trinajstić information content (AvgIpc) is 2.85. The van der Waals surface area contributed by atoms with E-state index >= 15 is 0 Å². The first kappa shape index (κ1) is 22.5. The van der Waals surface area contributed by atoms with Crippen LogP contribution in [-0.2, 0) is 11.2 Å². The van der Waals surface area contributed by atoms with E-state index in [9.17, 15) is 20.4 Å². The molecule has 0 aliphatic carbocycles. The highest BCUT2D eigenvalue weighted by Gasteiger charge is 2.45. The fourth-order valence-electron chi connectivity index (χ4n) is 4.37. The first-order valence-electron chi connectivity index (χ1n) is 10.8. The Balaban J connectivity index is 1.54. The zero-order chi connectivity index (χ0) is 23.1. The molecular weight excluding hydrogens is 456 g/mol. The van der Waals surface area contributed by atoms with Crippen molar-refractivity contribution in [3.05, 3.63) is 46.0 Å². The van der Waals surface area contributed by atoms with Gasteiger partial charge in [-0.3, -0.25) is 0 Å². The number of aliphatic hydroxyl groups excluding tert-OH is 4. The van der Waals surface area contributed by atoms with Gasteiger partial charge < -0.3 is 44.1 Å². The Hall–Kier alpha value is -2.27. The Kier molecular flexibility index (Phi) is 6.26. The van der Waals surface area contributed by atoms with Crippen LogP contribution in [0.5, 0.6) is 23.0 Å². The fraction of sp³-hybridized carbons (Fsp3) is 0.478. The molecule has 10 heteroatoms. The van der Waals surface area contributed by atoms with E-state index in [1.54, 1.807) is 6.07 Å². The molecule has 0 aromatic heterocycles. The Morgan fingerprint density at radius 1 is 0.818 bits per heavy atom. The summed E-state index contributed by atoms with van der Waals surface area (Å²) in [6.07, 6.45) is -6.15. The van der Waals surface area contributed by atoms with Gasteiger partial charge in [0, 0.05) is 5.56 Å². The van der Waals surface area contributed by atoms with Crippen molar-refractivity contribution in [1.29, 1.82) is 0 Å². The summed E-state index contributed by atoms with van der Waals surface area (Å²) in [5.74, 6) is 1.97. The summed E-state index contributed by atoms with van der Waals surface area (Å²) in [5, 5.41) is 41.1. The van der Waals surface area contributed by atoms with Crippen LogP contribution >= 0.6 is 11.6 Å². The summed E-state index contributed by atoms with van der Waals surface area (Å²) >= 11 is 6.68. The van der Waals surface area contributed by atoms with Crippen molar-refractivity contribution in [3.8, 4) is 23.0 Å². The molecule has 0 saturated carbocycles. The van der Waals surface area contributed by atoms with Gasteiger partial charge in [0.1, 0.15) is 56.9 Å². The van der Waals surface area contributed by atoms with E-state index in [2.05, 4.69) is 0 Å². The third-order valence-corrected chi connectivity index (χ3v) is 6.47. The van der Waals surface area contributed by atoms with Crippen molar-refractivity contribution in [2.24, 2.45) is 0 Å². The number of halogens is 1. The topological polar surface area (TPSA) is 127 Å². The minimum atomic E-state index is -1.52. The van der Waals surface area contributed by atoms with E-state index < -0.39 is 37.1 Å². The Morgan fingerprint density at radius 2 is 1.52 bits per heavy atom. The highest BCUT2D eigenvalue weighted by Crippen LogP contribution is 2.48. The van der Waals surface area contributed by atoms with Gasteiger partial charge in [0.15, 0.2) is 23.0 Å². The number of rotatable bonds is 4. The highest BCUT2D eigenvalue weighted by atomic mass is 35.5. The molecule has 3 aliphatic rings. The zero-order valence-electron chi connectivity index (χ0n) is 17.6. The lowest BCUT2D eigenvalue weighted by Crippen LogP contribution is -2.55. The van der Waals surface area contributed by atoms with Gasteiger partial charge in [-0.2, -0.15) is 0 Å². The van der Waals surface area contributed by atoms with Gasteiger partial charge >= 0.3 is 0 Å². The number of fused-ring (bicyclic) bond motifs is 2. The minimum Gasteiger partial charge on any atom is -0.486 e. The molecule has 9 nitrogen and oxygen atoms in total. The second-order valence-corrected chi connectivity index (χ2v) is 8.58. The highest BCUT2D eigenvalue weighted by molar-refractivity contribution is 6.33. The van der Waals surface area contributed by atoms with Crippen molar-refractivity contribution in [2.75, 3.05) is 33.0 Å². The SMILES string of the molecule is OC[C@H]1O[C@@H](c2cc(Cc3ccc4c(c3)OCCO4)c(Cl)c3c2OCCO3)[C@H](O)[C@@H](O)[C@@H]1O. The van der Waals surface area contributed by atoms with Gasteiger partial charge in [-0.15, -0.1) is 0 Å². The van der Waals surface area contributed by atoms with Gasteiger partial charge in [-0.05, 0) is 35.7 Å². The molecule has 1 fully saturated rings. The van der Waals surface area contributed by atoms with Crippen LogP contribution in [0.25, 0.3) is 0 Å². The maximum atomic E-state index is 10.7. The van der Waals surface area contributed by atoms with E-state index in [0.29, 0.717) is 65.4 Å². The molecule has 33 heavy (non-hydrogen) atoms. The number of hydrogen-bond donors (Lipinski definition) is 4. The van der Waals surface area contributed by atoms with Crippen LogP contribution in [0.15, 0.2) is 24.3 Å². The molecule has 1 saturated heterocycles. The van der Waals surface area contributed by atoms with Gasteiger partial charge in [-0.1, -0.05) is 17.7 Å². The lowest BCUT2D eigenvalue weighted by molar-refractivity contribution is -0.232. The largest absolute Gasteiger partial charge is 0.486 e. The molecule has 3 aliphatic heterocycles. The third kappa shape index (κ3) is 4.09. The molecule has 0 unspecified atom stereocenters. The molecule has 0 amide bonds. The Morgan fingerprint density at radius 3 is 2.27 bits per heavy atom. The first-order chi connectivity index (χ1) is 16.0. The quantitative estimate of drug-likeness (QED) is 0.506.